The summed E-state index contributed by atoms with van der Waals surface area (Å²) in [5, 5.41) is 1.10. The van der Waals surface area contributed by atoms with Gasteiger partial charge in [0, 0.05) is 21.2 Å². The van der Waals surface area contributed by atoms with Crippen molar-refractivity contribution in [3.63, 3.8) is 0 Å². The molecule has 0 unspecified atom stereocenters. The standard InChI is InChI=1S/C19H16Cl2N2O2S/c1-19(2)11-22(16(24)12-5-3-7-14(20)9-12)18(26)23(19)17(25)13-6-4-8-15(21)10-13/h3-10H,11H2,1-2H3. The van der Waals surface area contributed by atoms with Crippen LogP contribution in [0.2, 0.25) is 10.0 Å². The molecule has 2 aromatic carbocycles. The fourth-order valence-electron chi connectivity index (χ4n) is 2.95. The summed E-state index contributed by atoms with van der Waals surface area (Å²) in [7, 11) is 0. The molecule has 7 heteroatoms. The highest BCUT2D eigenvalue weighted by atomic mass is 35.5. The number of rotatable bonds is 2. The van der Waals surface area contributed by atoms with Gasteiger partial charge in [-0.05, 0) is 62.5 Å². The molecule has 0 radical (unpaired) electrons. The van der Waals surface area contributed by atoms with Crippen LogP contribution in [-0.2, 0) is 0 Å². The number of nitrogens with zero attached hydrogens (tertiary/aromatic N) is 2. The first-order valence-electron chi connectivity index (χ1n) is 7.92. The van der Waals surface area contributed by atoms with Gasteiger partial charge < -0.3 is 0 Å². The number of halogens is 2. The summed E-state index contributed by atoms with van der Waals surface area (Å²) in [5.74, 6) is -0.573. The molecule has 2 amide bonds. The SMILES string of the molecule is CC1(C)CN(C(=O)c2cccc(Cl)c2)C(=S)N1C(=O)c1cccc(Cl)c1. The number of hydrogen-bond acceptors (Lipinski definition) is 3. The van der Waals surface area contributed by atoms with Crippen LogP contribution in [0.15, 0.2) is 48.5 Å². The second-order valence-corrected chi connectivity index (χ2v) is 7.89. The summed E-state index contributed by atoms with van der Waals surface area (Å²) in [6.07, 6.45) is 0. The third-order valence-corrected chi connectivity index (χ3v) is 5.04. The van der Waals surface area contributed by atoms with Crippen LogP contribution in [0, 0.1) is 0 Å². The van der Waals surface area contributed by atoms with Crippen LogP contribution in [0.4, 0.5) is 0 Å². The number of amides is 2. The molecule has 3 rings (SSSR count). The molecule has 1 aliphatic rings. The number of carbonyl (C=O) groups excluding carboxylic acids is 2. The van der Waals surface area contributed by atoms with Crippen molar-refractivity contribution in [2.24, 2.45) is 0 Å². The van der Waals surface area contributed by atoms with E-state index in [0.717, 1.165) is 0 Å². The minimum atomic E-state index is -0.648. The van der Waals surface area contributed by atoms with Gasteiger partial charge in [-0.1, -0.05) is 35.3 Å². The molecular weight excluding hydrogens is 391 g/mol. The summed E-state index contributed by atoms with van der Waals surface area (Å²) in [6, 6.07) is 13.3. The average molecular weight is 407 g/mol. The zero-order chi connectivity index (χ0) is 19.1. The maximum absolute atomic E-state index is 13.0. The Morgan fingerprint density at radius 3 is 1.96 bits per heavy atom. The van der Waals surface area contributed by atoms with Crippen molar-refractivity contribution in [1.82, 2.24) is 9.80 Å². The predicted molar refractivity (Wildman–Crippen MR) is 107 cm³/mol. The minimum Gasteiger partial charge on any atom is -0.282 e. The molecule has 0 bridgehead atoms. The Morgan fingerprint density at radius 1 is 0.962 bits per heavy atom. The molecule has 0 saturated carbocycles. The molecule has 0 N–H and O–H groups in total. The number of benzene rings is 2. The highest BCUT2D eigenvalue weighted by Gasteiger charge is 2.46. The van der Waals surface area contributed by atoms with Crippen LogP contribution in [-0.4, -0.2) is 38.8 Å². The van der Waals surface area contributed by atoms with Gasteiger partial charge >= 0.3 is 0 Å². The quantitative estimate of drug-likeness (QED) is 0.681. The minimum absolute atomic E-state index is 0.171. The third-order valence-electron chi connectivity index (χ3n) is 4.16. The van der Waals surface area contributed by atoms with E-state index in [0.29, 0.717) is 27.7 Å². The topological polar surface area (TPSA) is 40.6 Å². The van der Waals surface area contributed by atoms with Crippen molar-refractivity contribution in [2.45, 2.75) is 19.4 Å². The van der Waals surface area contributed by atoms with E-state index in [-0.39, 0.29) is 16.9 Å². The second kappa shape index (κ2) is 6.99. The van der Waals surface area contributed by atoms with Gasteiger partial charge in [-0.2, -0.15) is 0 Å². The van der Waals surface area contributed by atoms with Gasteiger partial charge in [0.05, 0.1) is 12.1 Å². The average Bonchev–Trinajstić information content (AvgIpc) is 2.83. The molecule has 0 aromatic heterocycles. The number of carbonyl (C=O) groups is 2. The van der Waals surface area contributed by atoms with Gasteiger partial charge in [0.15, 0.2) is 5.11 Å². The lowest BCUT2D eigenvalue weighted by atomic mass is 10.0. The molecule has 1 heterocycles. The molecule has 134 valence electrons. The van der Waals surface area contributed by atoms with E-state index in [1.807, 2.05) is 13.8 Å². The lowest BCUT2D eigenvalue weighted by Crippen LogP contribution is -2.46. The van der Waals surface area contributed by atoms with Crippen molar-refractivity contribution >= 4 is 52.3 Å². The molecule has 1 saturated heterocycles. The lowest BCUT2D eigenvalue weighted by molar-refractivity contribution is 0.0761. The summed E-state index contributed by atoms with van der Waals surface area (Å²) >= 11 is 17.5. The maximum Gasteiger partial charge on any atom is 0.260 e. The summed E-state index contributed by atoms with van der Waals surface area (Å²) in [6.45, 7) is 4.03. The van der Waals surface area contributed by atoms with Crippen LogP contribution in [0.1, 0.15) is 34.6 Å². The van der Waals surface area contributed by atoms with Crippen molar-refractivity contribution in [3.8, 4) is 0 Å². The van der Waals surface area contributed by atoms with Gasteiger partial charge in [0.2, 0.25) is 0 Å². The van der Waals surface area contributed by atoms with E-state index >= 15 is 0 Å². The first kappa shape index (κ1) is 18.8. The Morgan fingerprint density at radius 2 is 1.46 bits per heavy atom. The van der Waals surface area contributed by atoms with Gasteiger partial charge in [0.1, 0.15) is 0 Å². The molecule has 4 nitrogen and oxygen atoms in total. The van der Waals surface area contributed by atoms with Crippen LogP contribution >= 0.6 is 35.4 Å². The Hall–Kier alpha value is -1.95. The van der Waals surface area contributed by atoms with E-state index in [9.17, 15) is 9.59 Å². The van der Waals surface area contributed by atoms with Crippen molar-refractivity contribution in [3.05, 3.63) is 69.7 Å². The van der Waals surface area contributed by atoms with E-state index in [1.165, 1.54) is 9.80 Å². The molecule has 1 aliphatic heterocycles. The fourth-order valence-corrected chi connectivity index (χ4v) is 3.81. The maximum atomic E-state index is 13.0. The van der Waals surface area contributed by atoms with Gasteiger partial charge in [0.25, 0.3) is 11.8 Å². The second-order valence-electron chi connectivity index (χ2n) is 6.65. The molecule has 0 aliphatic carbocycles. The monoisotopic (exact) mass is 406 g/mol. The molecule has 0 atom stereocenters. The van der Waals surface area contributed by atoms with E-state index < -0.39 is 5.54 Å². The highest BCUT2D eigenvalue weighted by molar-refractivity contribution is 7.80. The van der Waals surface area contributed by atoms with Crippen LogP contribution in [0.5, 0.6) is 0 Å². The molecule has 0 spiro atoms. The Labute approximate surface area is 167 Å². The van der Waals surface area contributed by atoms with Crippen LogP contribution in [0.3, 0.4) is 0 Å². The summed E-state index contributed by atoms with van der Waals surface area (Å²) in [5.41, 5.74) is 0.197. The van der Waals surface area contributed by atoms with Gasteiger partial charge in [-0.3, -0.25) is 19.4 Å². The van der Waals surface area contributed by atoms with Crippen LogP contribution < -0.4 is 0 Å². The first-order chi connectivity index (χ1) is 12.2. The van der Waals surface area contributed by atoms with E-state index in [1.54, 1.807) is 48.5 Å². The predicted octanol–water partition coefficient (Wildman–Crippen LogP) is 4.66. The molecule has 2 aromatic rings. The van der Waals surface area contributed by atoms with Gasteiger partial charge in [-0.15, -0.1) is 0 Å². The number of hydrogen-bond donors (Lipinski definition) is 0. The molecule has 26 heavy (non-hydrogen) atoms. The Balaban J connectivity index is 1.93. The zero-order valence-corrected chi connectivity index (χ0v) is 16.5. The highest BCUT2D eigenvalue weighted by Crippen LogP contribution is 2.30. The molecule has 1 fully saturated rings. The summed E-state index contributed by atoms with van der Waals surface area (Å²) < 4.78 is 0. The number of thiocarbonyl (C=S) groups is 1. The normalized spacial score (nSPS) is 16.1. The third kappa shape index (κ3) is 3.47. The first-order valence-corrected chi connectivity index (χ1v) is 9.09. The molecular formula is C19H16Cl2N2O2S. The Bertz CT molecular complexity index is 914. The van der Waals surface area contributed by atoms with Crippen molar-refractivity contribution < 1.29 is 9.59 Å². The fraction of sp³-hybridized carbons (Fsp3) is 0.211. The Kier molecular flexibility index (Phi) is 5.06. The zero-order valence-electron chi connectivity index (χ0n) is 14.2. The lowest BCUT2D eigenvalue weighted by Gasteiger charge is -2.29. The smallest absolute Gasteiger partial charge is 0.260 e. The van der Waals surface area contributed by atoms with E-state index in [4.69, 9.17) is 35.4 Å². The van der Waals surface area contributed by atoms with Gasteiger partial charge in [-0.25, -0.2) is 0 Å². The summed E-state index contributed by atoms with van der Waals surface area (Å²) in [4.78, 5) is 28.8. The van der Waals surface area contributed by atoms with Crippen molar-refractivity contribution in [2.75, 3.05) is 6.54 Å². The van der Waals surface area contributed by atoms with Crippen molar-refractivity contribution in [1.29, 1.82) is 0 Å². The largest absolute Gasteiger partial charge is 0.282 e. The van der Waals surface area contributed by atoms with E-state index in [2.05, 4.69) is 0 Å². The van der Waals surface area contributed by atoms with Crippen LogP contribution in [0.25, 0.3) is 0 Å².